The Kier molecular flexibility index (Phi) is 7.85. The molecule has 4 aliphatic rings. The molecular formula is C29H48N2O4S. The maximum atomic E-state index is 12.4. The van der Waals surface area contributed by atoms with Gasteiger partial charge in [-0.05, 0) is 85.4 Å². The highest BCUT2D eigenvalue weighted by molar-refractivity contribution is 7.87. The summed E-state index contributed by atoms with van der Waals surface area (Å²) in [5, 5.41) is 0. The first-order valence-electron chi connectivity index (χ1n) is 14.3. The molecule has 204 valence electrons. The SMILES string of the molecule is C[C@H](CCC[C@H](C)C(=O)NS(=O)(=O)N(C)C)[C@H]1CC[C@H]2C3=CC[C@H]4CC(=O)CC[C@]4(C)C3CC[C@]12C. The van der Waals surface area contributed by atoms with Crippen molar-refractivity contribution in [1.29, 1.82) is 0 Å². The summed E-state index contributed by atoms with van der Waals surface area (Å²) in [5.41, 5.74) is 2.39. The van der Waals surface area contributed by atoms with E-state index in [2.05, 4.69) is 31.6 Å². The Bertz CT molecular complexity index is 1000. The van der Waals surface area contributed by atoms with Gasteiger partial charge in [0.1, 0.15) is 5.78 Å². The van der Waals surface area contributed by atoms with Crippen LogP contribution in [0.4, 0.5) is 0 Å². The van der Waals surface area contributed by atoms with Crippen LogP contribution in [0, 0.1) is 46.3 Å². The molecule has 1 N–H and O–H groups in total. The van der Waals surface area contributed by atoms with Crippen LogP contribution < -0.4 is 4.72 Å². The zero-order chi connectivity index (χ0) is 26.5. The number of allylic oxidation sites excluding steroid dienone is 2. The number of hydrogen-bond donors (Lipinski definition) is 1. The van der Waals surface area contributed by atoms with Crippen molar-refractivity contribution >= 4 is 21.9 Å². The van der Waals surface area contributed by atoms with Crippen LogP contribution in [0.3, 0.4) is 0 Å². The average Bonchev–Trinajstić information content (AvgIpc) is 3.16. The van der Waals surface area contributed by atoms with E-state index in [-0.39, 0.29) is 5.92 Å². The van der Waals surface area contributed by atoms with E-state index in [1.54, 1.807) is 5.57 Å². The molecule has 0 aliphatic heterocycles. The molecule has 0 aromatic rings. The Hall–Kier alpha value is -1.21. The van der Waals surface area contributed by atoms with Crippen LogP contribution in [0.2, 0.25) is 0 Å². The third-order valence-electron chi connectivity index (χ3n) is 11.1. The number of amides is 1. The Morgan fingerprint density at radius 3 is 2.47 bits per heavy atom. The molecule has 0 saturated heterocycles. The molecule has 1 unspecified atom stereocenters. The molecular weight excluding hydrogens is 472 g/mol. The van der Waals surface area contributed by atoms with Gasteiger partial charge in [0.15, 0.2) is 0 Å². The van der Waals surface area contributed by atoms with Crippen LogP contribution >= 0.6 is 0 Å². The molecule has 1 amide bonds. The van der Waals surface area contributed by atoms with Crippen molar-refractivity contribution in [3.8, 4) is 0 Å². The number of ketones is 1. The second kappa shape index (κ2) is 10.2. The Morgan fingerprint density at radius 2 is 1.78 bits per heavy atom. The number of Topliss-reactive ketones (excluding diaryl/α,β-unsaturated/α-hetero) is 1. The van der Waals surface area contributed by atoms with Crippen molar-refractivity contribution in [2.75, 3.05) is 14.1 Å². The van der Waals surface area contributed by atoms with Gasteiger partial charge in [-0.15, -0.1) is 0 Å². The average molecular weight is 521 g/mol. The van der Waals surface area contributed by atoms with Gasteiger partial charge in [-0.25, -0.2) is 4.72 Å². The number of carbonyl (C=O) groups is 2. The van der Waals surface area contributed by atoms with Gasteiger partial charge in [-0.2, -0.15) is 12.7 Å². The highest BCUT2D eigenvalue weighted by Crippen LogP contribution is 2.66. The van der Waals surface area contributed by atoms with Crippen molar-refractivity contribution in [2.24, 2.45) is 46.3 Å². The lowest BCUT2D eigenvalue weighted by Gasteiger charge is -2.57. The second-order valence-electron chi connectivity index (χ2n) is 13.3. The van der Waals surface area contributed by atoms with Gasteiger partial charge in [-0.3, -0.25) is 9.59 Å². The molecule has 0 bridgehead atoms. The Morgan fingerprint density at radius 1 is 1.08 bits per heavy atom. The number of fused-ring (bicyclic) bond motifs is 5. The van der Waals surface area contributed by atoms with Crippen LogP contribution in [-0.2, 0) is 19.8 Å². The van der Waals surface area contributed by atoms with Gasteiger partial charge < -0.3 is 0 Å². The quantitative estimate of drug-likeness (QED) is 0.428. The lowest BCUT2D eigenvalue weighted by Crippen LogP contribution is -2.49. The van der Waals surface area contributed by atoms with E-state index in [1.807, 2.05) is 6.92 Å². The molecule has 8 atom stereocenters. The standard InChI is InChI=1S/C29H48N2O4S/c1-19(8-7-9-20(2)27(33)30-36(34,35)31(5)6)24-12-13-25-23-11-10-21-18-22(32)14-16-28(21,3)26(23)15-17-29(24,25)4/h11,19-21,24-26H,7-10,12-18H2,1-6H3,(H,30,33)/t19-,20+,21+,24-,25+,26?,28+,29-/m1/s1. The molecule has 0 radical (unpaired) electrons. The van der Waals surface area contributed by atoms with Crippen LogP contribution in [0.15, 0.2) is 11.6 Å². The maximum Gasteiger partial charge on any atom is 0.303 e. The molecule has 3 saturated carbocycles. The van der Waals surface area contributed by atoms with E-state index in [4.69, 9.17) is 0 Å². The molecule has 36 heavy (non-hydrogen) atoms. The van der Waals surface area contributed by atoms with Gasteiger partial charge >= 0.3 is 10.2 Å². The van der Waals surface area contributed by atoms with E-state index >= 15 is 0 Å². The highest BCUT2D eigenvalue weighted by Gasteiger charge is 2.58. The number of nitrogens with one attached hydrogen (secondary N) is 1. The first-order valence-corrected chi connectivity index (χ1v) is 15.7. The van der Waals surface area contributed by atoms with E-state index in [9.17, 15) is 18.0 Å². The molecule has 4 aliphatic carbocycles. The number of nitrogens with zero attached hydrogens (tertiary/aromatic N) is 1. The molecule has 3 fully saturated rings. The van der Waals surface area contributed by atoms with Crippen LogP contribution in [0.1, 0.15) is 98.3 Å². The van der Waals surface area contributed by atoms with Crippen molar-refractivity contribution in [2.45, 2.75) is 98.3 Å². The van der Waals surface area contributed by atoms with Crippen molar-refractivity contribution in [3.63, 3.8) is 0 Å². The minimum atomic E-state index is -3.73. The molecule has 0 spiro atoms. The Labute approximate surface area is 219 Å². The fourth-order valence-corrected chi connectivity index (χ4v) is 9.31. The van der Waals surface area contributed by atoms with Gasteiger partial charge in [0.2, 0.25) is 5.91 Å². The third-order valence-corrected chi connectivity index (χ3v) is 12.5. The van der Waals surface area contributed by atoms with Crippen LogP contribution in [0.5, 0.6) is 0 Å². The first kappa shape index (κ1) is 27.8. The molecule has 0 aromatic heterocycles. The lowest BCUT2D eigenvalue weighted by atomic mass is 9.47. The highest BCUT2D eigenvalue weighted by atomic mass is 32.2. The van der Waals surface area contributed by atoms with Gasteiger partial charge in [0, 0.05) is 32.9 Å². The summed E-state index contributed by atoms with van der Waals surface area (Å²) >= 11 is 0. The zero-order valence-corrected chi connectivity index (χ0v) is 24.1. The fraction of sp³-hybridized carbons (Fsp3) is 0.862. The van der Waals surface area contributed by atoms with E-state index in [0.29, 0.717) is 52.6 Å². The van der Waals surface area contributed by atoms with Gasteiger partial charge in [-0.1, -0.05) is 52.2 Å². The van der Waals surface area contributed by atoms with Crippen LogP contribution in [-0.4, -0.2) is 38.5 Å². The first-order chi connectivity index (χ1) is 16.8. The monoisotopic (exact) mass is 520 g/mol. The summed E-state index contributed by atoms with van der Waals surface area (Å²) in [6.07, 6.45) is 14.1. The number of hydrogen-bond acceptors (Lipinski definition) is 4. The third kappa shape index (κ3) is 4.95. The molecule has 7 heteroatoms. The van der Waals surface area contributed by atoms with Crippen molar-refractivity contribution in [1.82, 2.24) is 9.03 Å². The number of rotatable bonds is 8. The summed E-state index contributed by atoms with van der Waals surface area (Å²) in [6, 6.07) is 0. The summed E-state index contributed by atoms with van der Waals surface area (Å²) in [6.45, 7) is 9.25. The Balaban J connectivity index is 1.35. The molecule has 0 heterocycles. The molecule has 4 rings (SSSR count). The van der Waals surface area contributed by atoms with Crippen molar-refractivity contribution in [3.05, 3.63) is 11.6 Å². The predicted molar refractivity (Wildman–Crippen MR) is 143 cm³/mol. The molecule has 0 aromatic carbocycles. The summed E-state index contributed by atoms with van der Waals surface area (Å²) in [7, 11) is -0.892. The van der Waals surface area contributed by atoms with E-state index in [0.717, 1.165) is 42.8 Å². The van der Waals surface area contributed by atoms with Crippen LogP contribution in [0.25, 0.3) is 0 Å². The summed E-state index contributed by atoms with van der Waals surface area (Å²) < 4.78 is 27.1. The van der Waals surface area contributed by atoms with Gasteiger partial charge in [0.05, 0.1) is 0 Å². The minimum absolute atomic E-state index is 0.305. The van der Waals surface area contributed by atoms with Gasteiger partial charge in [0.25, 0.3) is 0 Å². The normalized spacial score (nSPS) is 38.0. The maximum absolute atomic E-state index is 12.4. The zero-order valence-electron chi connectivity index (χ0n) is 23.3. The molecule has 6 nitrogen and oxygen atoms in total. The van der Waals surface area contributed by atoms with Crippen molar-refractivity contribution < 1.29 is 18.0 Å². The number of carbonyl (C=O) groups excluding carboxylic acids is 2. The lowest BCUT2D eigenvalue weighted by molar-refractivity contribution is -0.127. The fourth-order valence-electron chi connectivity index (χ4n) is 8.68. The predicted octanol–water partition coefficient (Wildman–Crippen LogP) is 5.50. The second-order valence-corrected chi connectivity index (χ2v) is 15.2. The smallest absolute Gasteiger partial charge is 0.300 e. The summed E-state index contributed by atoms with van der Waals surface area (Å²) in [5.74, 6) is 2.91. The summed E-state index contributed by atoms with van der Waals surface area (Å²) in [4.78, 5) is 24.5. The minimum Gasteiger partial charge on any atom is -0.300 e. The topological polar surface area (TPSA) is 83.6 Å². The largest absolute Gasteiger partial charge is 0.303 e. The van der Waals surface area contributed by atoms with E-state index in [1.165, 1.54) is 39.8 Å². The van der Waals surface area contributed by atoms with E-state index < -0.39 is 16.1 Å².